The number of hydrogen-bond donors (Lipinski definition) is 0. The molecule has 0 fully saturated rings. The van der Waals surface area contributed by atoms with Crippen LogP contribution >= 0.6 is 0 Å². The summed E-state index contributed by atoms with van der Waals surface area (Å²) in [5.41, 5.74) is -1.25. The highest BCUT2D eigenvalue weighted by Crippen LogP contribution is 2.24. The highest BCUT2D eigenvalue weighted by atomic mass is 16.5. The van der Waals surface area contributed by atoms with Gasteiger partial charge in [-0.1, -0.05) is 6.92 Å². The molecule has 0 aliphatic carbocycles. The first-order chi connectivity index (χ1) is 9.08. The van der Waals surface area contributed by atoms with Crippen molar-refractivity contribution < 1.29 is 14.3 Å². The Labute approximate surface area is 112 Å². The second-order valence-corrected chi connectivity index (χ2v) is 4.05. The van der Waals surface area contributed by atoms with E-state index in [4.69, 9.17) is 9.47 Å². The topological polar surface area (TPSA) is 85.1 Å². The summed E-state index contributed by atoms with van der Waals surface area (Å²) in [6.07, 6.45) is 3.65. The molecule has 1 aromatic rings. The van der Waals surface area contributed by atoms with Crippen LogP contribution in [0.25, 0.3) is 0 Å². The number of rotatable bonds is 6. The summed E-state index contributed by atoms with van der Waals surface area (Å²) < 4.78 is 10.2. The molecule has 0 amide bonds. The van der Waals surface area contributed by atoms with E-state index in [1.165, 1.54) is 19.3 Å². The number of hydrogen-bond acceptors (Lipinski definition) is 6. The molecule has 0 spiro atoms. The third-order valence-corrected chi connectivity index (χ3v) is 2.49. The van der Waals surface area contributed by atoms with Gasteiger partial charge in [-0.25, -0.2) is 9.78 Å². The number of esters is 1. The van der Waals surface area contributed by atoms with Crippen molar-refractivity contribution in [1.82, 2.24) is 9.97 Å². The molecule has 0 saturated heterocycles. The first kappa shape index (κ1) is 14.9. The van der Waals surface area contributed by atoms with Crippen LogP contribution in [0.5, 0.6) is 5.88 Å². The van der Waals surface area contributed by atoms with Crippen molar-refractivity contribution in [1.29, 1.82) is 5.26 Å². The van der Waals surface area contributed by atoms with Crippen molar-refractivity contribution in [3.05, 3.63) is 18.1 Å². The van der Waals surface area contributed by atoms with E-state index in [2.05, 4.69) is 9.97 Å². The highest BCUT2D eigenvalue weighted by Gasteiger charge is 2.39. The van der Waals surface area contributed by atoms with Crippen LogP contribution in [0.4, 0.5) is 0 Å². The minimum absolute atomic E-state index is 0.204. The molecule has 1 heterocycles. The predicted molar refractivity (Wildman–Crippen MR) is 67.4 cm³/mol. The van der Waals surface area contributed by atoms with E-state index >= 15 is 0 Å². The largest absolute Gasteiger partial charge is 0.477 e. The van der Waals surface area contributed by atoms with Crippen LogP contribution in [0, 0.1) is 11.3 Å². The number of nitrogens with zero attached hydrogens (tertiary/aromatic N) is 3. The van der Waals surface area contributed by atoms with E-state index < -0.39 is 11.4 Å². The Hall–Kier alpha value is -2.16. The highest BCUT2D eigenvalue weighted by molar-refractivity contribution is 5.85. The summed E-state index contributed by atoms with van der Waals surface area (Å²) in [6, 6.07) is 1.93. The van der Waals surface area contributed by atoms with Gasteiger partial charge in [-0.2, -0.15) is 5.26 Å². The van der Waals surface area contributed by atoms with Gasteiger partial charge in [-0.05, 0) is 20.3 Å². The fourth-order valence-electron chi connectivity index (χ4n) is 1.35. The third kappa shape index (κ3) is 3.41. The summed E-state index contributed by atoms with van der Waals surface area (Å²) >= 11 is 0. The molecule has 1 unspecified atom stereocenters. The monoisotopic (exact) mass is 263 g/mol. The van der Waals surface area contributed by atoms with Crippen LogP contribution < -0.4 is 4.74 Å². The fourth-order valence-corrected chi connectivity index (χ4v) is 1.35. The number of aromatic nitrogens is 2. The van der Waals surface area contributed by atoms with Gasteiger partial charge in [0.2, 0.25) is 5.88 Å². The van der Waals surface area contributed by atoms with Crippen molar-refractivity contribution in [3.63, 3.8) is 0 Å². The van der Waals surface area contributed by atoms with Gasteiger partial charge in [0, 0.05) is 0 Å². The zero-order valence-electron chi connectivity index (χ0n) is 11.3. The number of nitriles is 1. The quantitative estimate of drug-likeness (QED) is 0.725. The maximum Gasteiger partial charge on any atom is 0.332 e. The van der Waals surface area contributed by atoms with Crippen molar-refractivity contribution in [2.24, 2.45) is 0 Å². The van der Waals surface area contributed by atoms with Crippen LogP contribution in [0.1, 0.15) is 32.9 Å². The average molecular weight is 263 g/mol. The molecule has 0 saturated carbocycles. The molecule has 0 N–H and O–H groups in total. The van der Waals surface area contributed by atoms with Crippen molar-refractivity contribution in [2.45, 2.75) is 32.6 Å². The SMILES string of the molecule is CCCOc1cncc(C(C)(C#N)C(=O)OCC)n1. The maximum atomic E-state index is 11.9. The van der Waals surface area contributed by atoms with Gasteiger partial charge in [0.05, 0.1) is 37.4 Å². The second kappa shape index (κ2) is 6.69. The minimum atomic E-state index is -1.48. The molecule has 6 nitrogen and oxygen atoms in total. The van der Waals surface area contributed by atoms with Gasteiger partial charge in [-0.15, -0.1) is 0 Å². The van der Waals surface area contributed by atoms with E-state index in [0.717, 1.165) is 6.42 Å². The summed E-state index contributed by atoms with van der Waals surface area (Å²) in [5, 5.41) is 9.24. The molecule has 19 heavy (non-hydrogen) atoms. The molecular formula is C13H17N3O3. The lowest BCUT2D eigenvalue weighted by atomic mass is 9.89. The number of carbonyl (C=O) groups is 1. The molecule has 0 bridgehead atoms. The number of ether oxygens (including phenoxy) is 2. The molecule has 6 heteroatoms. The Morgan fingerprint density at radius 2 is 2.21 bits per heavy atom. The summed E-state index contributed by atoms with van der Waals surface area (Å²) in [4.78, 5) is 20.0. The molecule has 0 radical (unpaired) electrons. The summed E-state index contributed by atoms with van der Waals surface area (Å²) in [6.45, 7) is 5.81. The second-order valence-electron chi connectivity index (χ2n) is 4.05. The standard InChI is InChI=1S/C13H17N3O3/c1-4-6-19-11-8-15-7-10(16-11)13(3,9-14)12(17)18-5-2/h7-8H,4-6H2,1-3H3. The van der Waals surface area contributed by atoms with Crippen LogP contribution in [0.15, 0.2) is 12.4 Å². The lowest BCUT2D eigenvalue weighted by Crippen LogP contribution is -2.34. The molecule has 102 valence electrons. The zero-order chi connectivity index (χ0) is 14.3. The zero-order valence-corrected chi connectivity index (χ0v) is 11.3. The molecular weight excluding hydrogens is 246 g/mol. The minimum Gasteiger partial charge on any atom is -0.477 e. The molecule has 1 aromatic heterocycles. The normalized spacial score (nSPS) is 13.2. The lowest BCUT2D eigenvalue weighted by Gasteiger charge is -2.18. The van der Waals surface area contributed by atoms with Crippen molar-refractivity contribution in [3.8, 4) is 11.9 Å². The Balaban J connectivity index is 3.05. The van der Waals surface area contributed by atoms with Gasteiger partial charge in [-0.3, -0.25) is 4.98 Å². The van der Waals surface area contributed by atoms with E-state index in [1.54, 1.807) is 6.92 Å². The van der Waals surface area contributed by atoms with E-state index in [1.807, 2.05) is 13.0 Å². The van der Waals surface area contributed by atoms with E-state index in [-0.39, 0.29) is 12.3 Å². The number of carbonyl (C=O) groups excluding carboxylic acids is 1. The summed E-state index contributed by atoms with van der Waals surface area (Å²) in [5.74, 6) is -0.343. The Morgan fingerprint density at radius 1 is 1.47 bits per heavy atom. The molecule has 1 rings (SSSR count). The van der Waals surface area contributed by atoms with Gasteiger partial charge in [0.15, 0.2) is 5.41 Å². The van der Waals surface area contributed by atoms with Crippen LogP contribution in [0.3, 0.4) is 0 Å². The third-order valence-electron chi connectivity index (χ3n) is 2.49. The van der Waals surface area contributed by atoms with Crippen LogP contribution in [0.2, 0.25) is 0 Å². The summed E-state index contributed by atoms with van der Waals surface area (Å²) in [7, 11) is 0. The van der Waals surface area contributed by atoms with Crippen molar-refractivity contribution >= 4 is 5.97 Å². The maximum absolute atomic E-state index is 11.9. The Kier molecular flexibility index (Phi) is 5.24. The fraction of sp³-hybridized carbons (Fsp3) is 0.538. The molecule has 0 aliphatic rings. The Morgan fingerprint density at radius 3 is 2.79 bits per heavy atom. The van der Waals surface area contributed by atoms with Crippen molar-refractivity contribution in [2.75, 3.05) is 13.2 Å². The molecule has 0 aliphatic heterocycles. The predicted octanol–water partition coefficient (Wildman–Crippen LogP) is 1.61. The lowest BCUT2D eigenvalue weighted by molar-refractivity contribution is -0.147. The first-order valence-electron chi connectivity index (χ1n) is 6.12. The molecule has 1 atom stereocenters. The average Bonchev–Trinajstić information content (AvgIpc) is 2.44. The van der Waals surface area contributed by atoms with Crippen LogP contribution in [-0.2, 0) is 14.9 Å². The first-order valence-corrected chi connectivity index (χ1v) is 6.12. The van der Waals surface area contributed by atoms with E-state index in [0.29, 0.717) is 12.5 Å². The van der Waals surface area contributed by atoms with Crippen LogP contribution in [-0.4, -0.2) is 29.2 Å². The van der Waals surface area contributed by atoms with E-state index in [9.17, 15) is 10.1 Å². The smallest absolute Gasteiger partial charge is 0.332 e. The van der Waals surface area contributed by atoms with Gasteiger partial charge in [0.1, 0.15) is 0 Å². The molecule has 0 aromatic carbocycles. The Bertz CT molecular complexity index is 484. The van der Waals surface area contributed by atoms with Gasteiger partial charge in [0.25, 0.3) is 0 Å². The van der Waals surface area contributed by atoms with Gasteiger partial charge < -0.3 is 9.47 Å². The van der Waals surface area contributed by atoms with Gasteiger partial charge >= 0.3 is 5.97 Å².